The van der Waals surface area contributed by atoms with E-state index < -0.39 is 5.91 Å². The highest BCUT2D eigenvalue weighted by Crippen LogP contribution is 2.18. The van der Waals surface area contributed by atoms with Crippen LogP contribution >= 0.6 is 12.4 Å². The molecule has 2 amide bonds. The number of carbonyl (C=O) groups excluding carboxylic acids is 2. The van der Waals surface area contributed by atoms with Gasteiger partial charge in [-0.05, 0) is 55.1 Å². The number of halogens is 1. The molecular formula is C23H30ClN3O3. The zero-order chi connectivity index (χ0) is 20.5. The van der Waals surface area contributed by atoms with Crippen LogP contribution in [-0.2, 0) is 22.7 Å². The molecule has 0 radical (unpaired) electrons. The molecule has 3 N–H and O–H groups in total. The average molecular weight is 432 g/mol. The first-order valence-corrected chi connectivity index (χ1v) is 10.1. The largest absolute Gasteiger partial charge is 0.489 e. The van der Waals surface area contributed by atoms with Crippen molar-refractivity contribution in [1.29, 1.82) is 0 Å². The third kappa shape index (κ3) is 7.69. The number of carbonyl (C=O) groups is 2. The Labute approximate surface area is 184 Å². The smallest absolute Gasteiger partial charge is 0.237 e. The first-order valence-electron chi connectivity index (χ1n) is 10.1. The molecule has 2 aromatic rings. The summed E-state index contributed by atoms with van der Waals surface area (Å²) in [5.74, 6) is 0.776. The minimum Gasteiger partial charge on any atom is -0.489 e. The number of hydrogen-bond acceptors (Lipinski definition) is 4. The molecule has 1 aliphatic rings. The van der Waals surface area contributed by atoms with Crippen LogP contribution in [0.25, 0.3) is 0 Å². The summed E-state index contributed by atoms with van der Waals surface area (Å²) in [7, 11) is 0. The molecule has 162 valence electrons. The summed E-state index contributed by atoms with van der Waals surface area (Å²) < 4.78 is 5.80. The monoisotopic (exact) mass is 431 g/mol. The van der Waals surface area contributed by atoms with Gasteiger partial charge >= 0.3 is 0 Å². The van der Waals surface area contributed by atoms with E-state index in [0.717, 1.165) is 42.8 Å². The third-order valence-electron chi connectivity index (χ3n) is 5.17. The molecule has 3 rings (SSSR count). The van der Waals surface area contributed by atoms with Crippen LogP contribution in [0.2, 0.25) is 0 Å². The van der Waals surface area contributed by atoms with E-state index in [1.54, 1.807) is 4.90 Å². The Morgan fingerprint density at radius 3 is 2.43 bits per heavy atom. The Morgan fingerprint density at radius 2 is 1.80 bits per heavy atom. The maximum atomic E-state index is 12.6. The van der Waals surface area contributed by atoms with E-state index in [1.165, 1.54) is 0 Å². The Balaban J connectivity index is 0.00000320. The lowest BCUT2D eigenvalue weighted by Gasteiger charge is -2.22. The number of hydrogen-bond donors (Lipinski definition) is 2. The fourth-order valence-electron chi connectivity index (χ4n) is 3.52. The maximum absolute atomic E-state index is 12.6. The summed E-state index contributed by atoms with van der Waals surface area (Å²) in [5.41, 5.74) is 7.40. The third-order valence-corrected chi connectivity index (χ3v) is 5.17. The molecule has 0 bridgehead atoms. The molecule has 0 spiro atoms. The standard InChI is InChI=1S/C23H29N3O3.ClH/c24-22(27)16-26(23(28)11-8-18-12-13-25-14-18)15-19-6-9-21(10-7-19)29-17-20-4-2-1-3-5-20;/h1-7,9-10,18,25H,8,11-17H2,(H2,24,27);1H. The van der Waals surface area contributed by atoms with E-state index >= 15 is 0 Å². The number of amides is 2. The van der Waals surface area contributed by atoms with Gasteiger partial charge in [-0.1, -0.05) is 42.5 Å². The first kappa shape index (κ1) is 23.7. The Kier molecular flexibility index (Phi) is 9.64. The molecule has 1 saturated heterocycles. The Bertz CT molecular complexity index is 793. The Morgan fingerprint density at radius 1 is 1.07 bits per heavy atom. The zero-order valence-corrected chi connectivity index (χ0v) is 17.9. The van der Waals surface area contributed by atoms with Crippen LogP contribution in [0.15, 0.2) is 54.6 Å². The van der Waals surface area contributed by atoms with E-state index in [1.807, 2.05) is 54.6 Å². The van der Waals surface area contributed by atoms with Crippen molar-refractivity contribution in [2.45, 2.75) is 32.4 Å². The van der Waals surface area contributed by atoms with Gasteiger partial charge in [-0.2, -0.15) is 0 Å². The molecule has 0 saturated carbocycles. The minimum absolute atomic E-state index is 0. The highest BCUT2D eigenvalue weighted by atomic mass is 35.5. The van der Waals surface area contributed by atoms with Gasteiger partial charge in [0.1, 0.15) is 12.4 Å². The van der Waals surface area contributed by atoms with Gasteiger partial charge in [-0.15, -0.1) is 12.4 Å². The molecule has 6 nitrogen and oxygen atoms in total. The second-order valence-corrected chi connectivity index (χ2v) is 7.53. The van der Waals surface area contributed by atoms with Crippen LogP contribution in [0.5, 0.6) is 5.75 Å². The summed E-state index contributed by atoms with van der Waals surface area (Å²) in [5, 5.41) is 3.31. The van der Waals surface area contributed by atoms with Crippen molar-refractivity contribution >= 4 is 24.2 Å². The average Bonchev–Trinajstić information content (AvgIpc) is 3.25. The van der Waals surface area contributed by atoms with Crippen LogP contribution in [0.1, 0.15) is 30.4 Å². The quantitative estimate of drug-likeness (QED) is 0.605. The van der Waals surface area contributed by atoms with Crippen molar-refractivity contribution < 1.29 is 14.3 Å². The fraction of sp³-hybridized carbons (Fsp3) is 0.391. The molecule has 1 fully saturated rings. The van der Waals surface area contributed by atoms with Crippen LogP contribution in [0.3, 0.4) is 0 Å². The number of nitrogens with one attached hydrogen (secondary N) is 1. The van der Waals surface area contributed by atoms with Crippen molar-refractivity contribution in [3.05, 3.63) is 65.7 Å². The summed E-state index contributed by atoms with van der Waals surface area (Å²) in [6.07, 6.45) is 2.39. The van der Waals surface area contributed by atoms with E-state index in [2.05, 4.69) is 5.32 Å². The van der Waals surface area contributed by atoms with Gasteiger partial charge in [0, 0.05) is 13.0 Å². The van der Waals surface area contributed by atoms with Crippen molar-refractivity contribution in [1.82, 2.24) is 10.2 Å². The molecule has 7 heteroatoms. The number of ether oxygens (including phenoxy) is 1. The molecule has 30 heavy (non-hydrogen) atoms. The van der Waals surface area contributed by atoms with E-state index in [9.17, 15) is 9.59 Å². The second kappa shape index (κ2) is 12.2. The molecule has 0 aliphatic carbocycles. The lowest BCUT2D eigenvalue weighted by atomic mass is 10.0. The van der Waals surface area contributed by atoms with E-state index in [-0.39, 0.29) is 24.9 Å². The predicted molar refractivity (Wildman–Crippen MR) is 119 cm³/mol. The zero-order valence-electron chi connectivity index (χ0n) is 17.1. The normalized spacial score (nSPS) is 15.3. The van der Waals surface area contributed by atoms with Crippen molar-refractivity contribution in [3.63, 3.8) is 0 Å². The van der Waals surface area contributed by atoms with Crippen molar-refractivity contribution in [3.8, 4) is 5.75 Å². The Hall–Kier alpha value is -2.57. The van der Waals surface area contributed by atoms with Gasteiger partial charge in [-0.3, -0.25) is 9.59 Å². The van der Waals surface area contributed by atoms with Crippen LogP contribution in [0.4, 0.5) is 0 Å². The van der Waals surface area contributed by atoms with Crippen LogP contribution in [-0.4, -0.2) is 36.3 Å². The molecule has 1 aliphatic heterocycles. The summed E-state index contributed by atoms with van der Waals surface area (Å²) in [6, 6.07) is 17.6. The number of rotatable bonds is 10. The molecular weight excluding hydrogens is 402 g/mol. The molecule has 2 aromatic carbocycles. The van der Waals surface area contributed by atoms with Crippen molar-refractivity contribution in [2.24, 2.45) is 11.7 Å². The van der Waals surface area contributed by atoms with Gasteiger partial charge in [0.05, 0.1) is 6.54 Å². The predicted octanol–water partition coefficient (Wildman–Crippen LogP) is 2.89. The van der Waals surface area contributed by atoms with Crippen LogP contribution in [0, 0.1) is 5.92 Å². The number of nitrogens with two attached hydrogens (primary N) is 1. The van der Waals surface area contributed by atoms with Crippen molar-refractivity contribution in [2.75, 3.05) is 19.6 Å². The highest BCUT2D eigenvalue weighted by Gasteiger charge is 2.20. The number of nitrogens with zero attached hydrogens (tertiary/aromatic N) is 1. The first-order chi connectivity index (χ1) is 14.1. The maximum Gasteiger partial charge on any atom is 0.237 e. The van der Waals surface area contributed by atoms with Gasteiger partial charge in [0.25, 0.3) is 0 Å². The van der Waals surface area contributed by atoms with Gasteiger partial charge < -0.3 is 20.7 Å². The highest BCUT2D eigenvalue weighted by molar-refractivity contribution is 5.85. The summed E-state index contributed by atoms with van der Waals surface area (Å²) >= 11 is 0. The molecule has 1 atom stereocenters. The van der Waals surface area contributed by atoms with Gasteiger partial charge in [0.15, 0.2) is 0 Å². The topological polar surface area (TPSA) is 84.7 Å². The summed E-state index contributed by atoms with van der Waals surface area (Å²) in [4.78, 5) is 25.6. The SMILES string of the molecule is Cl.NC(=O)CN(Cc1ccc(OCc2ccccc2)cc1)C(=O)CCC1CCNC1. The molecule has 1 unspecified atom stereocenters. The van der Waals surface area contributed by atoms with Gasteiger partial charge in [0.2, 0.25) is 11.8 Å². The molecule has 1 heterocycles. The second-order valence-electron chi connectivity index (χ2n) is 7.53. The summed E-state index contributed by atoms with van der Waals surface area (Å²) in [6.45, 7) is 2.79. The lowest BCUT2D eigenvalue weighted by Crippen LogP contribution is -2.38. The fourth-order valence-corrected chi connectivity index (χ4v) is 3.52. The van der Waals surface area contributed by atoms with Crippen LogP contribution < -0.4 is 15.8 Å². The van der Waals surface area contributed by atoms with Gasteiger partial charge in [-0.25, -0.2) is 0 Å². The van der Waals surface area contributed by atoms with E-state index in [4.69, 9.17) is 10.5 Å². The lowest BCUT2D eigenvalue weighted by molar-refractivity contribution is -0.136. The van der Waals surface area contributed by atoms with E-state index in [0.29, 0.717) is 25.5 Å². The number of benzene rings is 2. The number of primary amides is 1. The molecule has 0 aromatic heterocycles. The minimum atomic E-state index is -0.497.